The molecule has 0 aromatic heterocycles. The standard InChI is InChI=1S/C31H28N2/c1-4-29-26-14-10-9-13-25(26)27-18-17-23-15-16-24(22-11-7-6-8-12-22)20-28(23)30(5-2)32-21(3)19-31(27)33-29/h4-16,20,27,31H,1-3,17-19H2. The number of aliphatic imine (C=N–C) groups is 2. The lowest BCUT2D eigenvalue weighted by Crippen LogP contribution is -2.27. The van der Waals surface area contributed by atoms with E-state index in [4.69, 9.17) is 9.98 Å². The van der Waals surface area contributed by atoms with Crippen LogP contribution in [0.2, 0.25) is 0 Å². The minimum atomic E-state index is 0.111. The van der Waals surface area contributed by atoms with Crippen molar-refractivity contribution >= 4 is 11.4 Å². The smallest absolute Gasteiger partial charge is 0.0702 e. The van der Waals surface area contributed by atoms with Crippen molar-refractivity contribution in [3.05, 3.63) is 133 Å². The number of hydrogen-bond acceptors (Lipinski definition) is 2. The van der Waals surface area contributed by atoms with Gasteiger partial charge in [-0.2, -0.15) is 0 Å². The van der Waals surface area contributed by atoms with Crippen LogP contribution < -0.4 is 0 Å². The number of benzene rings is 3. The number of aryl methyl sites for hydroxylation is 1. The Hall–Kier alpha value is -3.78. The third-order valence-corrected chi connectivity index (χ3v) is 6.73. The van der Waals surface area contributed by atoms with E-state index in [1.165, 1.54) is 27.8 Å². The average molecular weight is 429 g/mol. The van der Waals surface area contributed by atoms with Crippen LogP contribution in [-0.2, 0) is 6.42 Å². The first-order chi connectivity index (χ1) is 16.2. The Morgan fingerprint density at radius 2 is 1.55 bits per heavy atom. The van der Waals surface area contributed by atoms with Crippen molar-refractivity contribution in [1.82, 2.24) is 0 Å². The minimum Gasteiger partial charge on any atom is -0.280 e. The molecule has 2 aliphatic heterocycles. The summed E-state index contributed by atoms with van der Waals surface area (Å²) in [7, 11) is 0. The van der Waals surface area contributed by atoms with Crippen LogP contribution in [0.25, 0.3) is 11.1 Å². The predicted molar refractivity (Wildman–Crippen MR) is 140 cm³/mol. The minimum absolute atomic E-state index is 0.111. The fraction of sp³-hybridized carbons (Fsp3) is 0.161. The van der Waals surface area contributed by atoms with E-state index in [0.717, 1.165) is 41.9 Å². The lowest BCUT2D eigenvalue weighted by atomic mass is 9.78. The van der Waals surface area contributed by atoms with Gasteiger partial charge in [-0.05, 0) is 53.3 Å². The summed E-state index contributed by atoms with van der Waals surface area (Å²) in [4.78, 5) is 10.0. The molecule has 2 unspecified atom stereocenters. The normalized spacial score (nSPS) is 19.8. The lowest BCUT2D eigenvalue weighted by Gasteiger charge is -2.32. The third kappa shape index (κ3) is 4.05. The Labute approximate surface area is 196 Å². The van der Waals surface area contributed by atoms with E-state index < -0.39 is 0 Å². The molecule has 0 fully saturated rings. The van der Waals surface area contributed by atoms with Gasteiger partial charge in [0, 0.05) is 29.2 Å². The van der Waals surface area contributed by atoms with Gasteiger partial charge in [-0.3, -0.25) is 9.98 Å². The average Bonchev–Trinajstić information content (AvgIpc) is 2.86. The molecule has 0 N–H and O–H groups in total. The van der Waals surface area contributed by atoms with Crippen LogP contribution in [0, 0.1) is 0 Å². The molecule has 5 rings (SSSR count). The molecule has 0 spiro atoms. The molecule has 0 radical (unpaired) electrons. The van der Waals surface area contributed by atoms with E-state index in [2.05, 4.69) is 86.5 Å². The Morgan fingerprint density at radius 3 is 2.33 bits per heavy atom. The summed E-state index contributed by atoms with van der Waals surface area (Å²) in [6, 6.07) is 25.9. The Morgan fingerprint density at radius 1 is 0.788 bits per heavy atom. The van der Waals surface area contributed by atoms with Crippen molar-refractivity contribution in [1.29, 1.82) is 0 Å². The molecule has 2 aliphatic rings. The maximum absolute atomic E-state index is 5.09. The molecular formula is C31H28N2. The predicted octanol–water partition coefficient (Wildman–Crippen LogP) is 7.32. The highest BCUT2D eigenvalue weighted by Gasteiger charge is 2.31. The van der Waals surface area contributed by atoms with Gasteiger partial charge < -0.3 is 0 Å². The zero-order valence-corrected chi connectivity index (χ0v) is 18.9. The molecule has 2 nitrogen and oxygen atoms in total. The van der Waals surface area contributed by atoms with Crippen LogP contribution in [0.5, 0.6) is 0 Å². The third-order valence-electron chi connectivity index (χ3n) is 6.73. The molecule has 33 heavy (non-hydrogen) atoms. The van der Waals surface area contributed by atoms with Gasteiger partial charge in [0.2, 0.25) is 0 Å². The van der Waals surface area contributed by atoms with Gasteiger partial charge in [-0.25, -0.2) is 0 Å². The molecule has 2 atom stereocenters. The fourth-order valence-electron chi connectivity index (χ4n) is 5.12. The molecule has 0 amide bonds. The lowest BCUT2D eigenvalue weighted by molar-refractivity contribution is 0.490. The molecule has 3 aromatic rings. The Bertz CT molecular complexity index is 1290. The Kier molecular flexibility index (Phi) is 5.75. The van der Waals surface area contributed by atoms with Gasteiger partial charge in [-0.1, -0.05) is 86.5 Å². The van der Waals surface area contributed by atoms with Gasteiger partial charge in [0.1, 0.15) is 0 Å². The zero-order valence-electron chi connectivity index (χ0n) is 18.9. The second-order valence-corrected chi connectivity index (χ2v) is 8.73. The number of nitrogens with zero attached hydrogens (tertiary/aromatic N) is 2. The largest absolute Gasteiger partial charge is 0.280 e. The summed E-state index contributed by atoms with van der Waals surface area (Å²) in [6.07, 6.45) is 6.42. The SMILES string of the molecule is C=CC1=NC(=C)CC2N=C(C=C)c3ccccc3C2CCc2ccc(-c3ccccc3)cc21. The van der Waals surface area contributed by atoms with E-state index in [1.54, 1.807) is 0 Å². The maximum atomic E-state index is 5.09. The first kappa shape index (κ1) is 21.1. The first-order valence-corrected chi connectivity index (χ1v) is 11.5. The number of hydrogen-bond donors (Lipinski definition) is 0. The summed E-state index contributed by atoms with van der Waals surface area (Å²) in [6.45, 7) is 12.4. The maximum Gasteiger partial charge on any atom is 0.0702 e. The molecule has 0 bridgehead atoms. The van der Waals surface area contributed by atoms with Crippen molar-refractivity contribution in [2.24, 2.45) is 9.98 Å². The van der Waals surface area contributed by atoms with Crippen LogP contribution in [0.15, 0.2) is 120 Å². The molecule has 0 aliphatic carbocycles. The molecule has 0 saturated heterocycles. The highest BCUT2D eigenvalue weighted by atomic mass is 14.9. The van der Waals surface area contributed by atoms with Gasteiger partial charge in [0.05, 0.1) is 17.5 Å². The van der Waals surface area contributed by atoms with Crippen molar-refractivity contribution in [3.8, 4) is 11.1 Å². The quantitative estimate of drug-likeness (QED) is 0.417. The second-order valence-electron chi connectivity index (χ2n) is 8.73. The summed E-state index contributed by atoms with van der Waals surface area (Å²) in [5.74, 6) is 0.323. The highest BCUT2D eigenvalue weighted by molar-refractivity contribution is 6.11. The monoisotopic (exact) mass is 428 g/mol. The van der Waals surface area contributed by atoms with Crippen LogP contribution in [0.3, 0.4) is 0 Å². The zero-order chi connectivity index (χ0) is 22.8. The molecule has 2 heterocycles. The van der Waals surface area contributed by atoms with Crippen LogP contribution >= 0.6 is 0 Å². The molecule has 3 aromatic carbocycles. The molecular weight excluding hydrogens is 400 g/mol. The molecule has 162 valence electrons. The number of fused-ring (bicyclic) bond motifs is 4. The van der Waals surface area contributed by atoms with E-state index in [9.17, 15) is 0 Å². The van der Waals surface area contributed by atoms with Gasteiger partial charge in [-0.15, -0.1) is 0 Å². The summed E-state index contributed by atoms with van der Waals surface area (Å²) in [5, 5.41) is 0. The van der Waals surface area contributed by atoms with Crippen molar-refractivity contribution in [3.63, 3.8) is 0 Å². The number of allylic oxidation sites excluding steroid dienone is 2. The van der Waals surface area contributed by atoms with E-state index in [0.29, 0.717) is 5.92 Å². The fourth-order valence-corrected chi connectivity index (χ4v) is 5.12. The summed E-state index contributed by atoms with van der Waals surface area (Å²) in [5.41, 5.74) is 10.1. The van der Waals surface area contributed by atoms with Gasteiger partial charge in [0.15, 0.2) is 0 Å². The van der Waals surface area contributed by atoms with Gasteiger partial charge >= 0.3 is 0 Å². The van der Waals surface area contributed by atoms with E-state index >= 15 is 0 Å². The first-order valence-electron chi connectivity index (χ1n) is 11.5. The second kappa shape index (κ2) is 8.99. The van der Waals surface area contributed by atoms with Crippen molar-refractivity contribution in [2.75, 3.05) is 0 Å². The Balaban J connectivity index is 1.61. The molecule has 2 heteroatoms. The summed E-state index contributed by atoms with van der Waals surface area (Å²) >= 11 is 0. The van der Waals surface area contributed by atoms with Crippen LogP contribution in [-0.4, -0.2) is 17.5 Å². The topological polar surface area (TPSA) is 24.7 Å². The van der Waals surface area contributed by atoms with E-state index in [1.807, 2.05) is 18.2 Å². The van der Waals surface area contributed by atoms with Crippen molar-refractivity contribution < 1.29 is 0 Å². The van der Waals surface area contributed by atoms with E-state index in [-0.39, 0.29) is 6.04 Å². The summed E-state index contributed by atoms with van der Waals surface area (Å²) < 4.78 is 0. The highest BCUT2D eigenvalue weighted by Crippen LogP contribution is 2.38. The molecule has 0 saturated carbocycles. The van der Waals surface area contributed by atoms with Gasteiger partial charge in [0.25, 0.3) is 0 Å². The van der Waals surface area contributed by atoms with Crippen molar-refractivity contribution in [2.45, 2.75) is 31.2 Å². The van der Waals surface area contributed by atoms with Crippen LogP contribution in [0.4, 0.5) is 0 Å². The number of rotatable bonds is 3. The van der Waals surface area contributed by atoms with Crippen LogP contribution in [0.1, 0.15) is 41.0 Å².